The fraction of sp³-hybridized carbons (Fsp3) is 0.391. The van der Waals surface area contributed by atoms with Gasteiger partial charge in [-0.05, 0) is 64.2 Å². The predicted molar refractivity (Wildman–Crippen MR) is 124 cm³/mol. The van der Waals surface area contributed by atoms with Crippen LogP contribution >= 0.6 is 27.5 Å². The van der Waals surface area contributed by atoms with Gasteiger partial charge in [-0.25, -0.2) is 4.39 Å². The normalized spacial score (nSPS) is 11.8. The van der Waals surface area contributed by atoms with Crippen molar-refractivity contribution in [3.8, 4) is 5.75 Å². The number of nitrogens with one attached hydrogen (secondary N) is 1. The van der Waals surface area contributed by atoms with Gasteiger partial charge in [-0.1, -0.05) is 44.5 Å². The van der Waals surface area contributed by atoms with Crippen LogP contribution in [-0.4, -0.2) is 35.9 Å². The number of halogens is 3. The average molecular weight is 514 g/mol. The smallest absolute Gasteiger partial charge is 0.261 e. The zero-order chi connectivity index (χ0) is 23.0. The molecule has 31 heavy (non-hydrogen) atoms. The molecule has 0 saturated carbocycles. The number of carbonyl (C=O) groups excluding carboxylic acids is 2. The first-order valence-corrected chi connectivity index (χ1v) is 11.3. The zero-order valence-corrected chi connectivity index (χ0v) is 20.2. The van der Waals surface area contributed by atoms with E-state index in [9.17, 15) is 14.0 Å². The summed E-state index contributed by atoms with van der Waals surface area (Å²) in [7, 11) is 0. The summed E-state index contributed by atoms with van der Waals surface area (Å²) in [6.07, 6.45) is 0.432. The molecule has 0 saturated heterocycles. The van der Waals surface area contributed by atoms with Crippen molar-refractivity contribution in [3.05, 3.63) is 63.3 Å². The molecule has 0 spiro atoms. The summed E-state index contributed by atoms with van der Waals surface area (Å²) in [5.74, 6) is -0.179. The monoisotopic (exact) mass is 512 g/mol. The van der Waals surface area contributed by atoms with Crippen LogP contribution in [0.5, 0.6) is 5.75 Å². The first kappa shape index (κ1) is 25.1. The van der Waals surface area contributed by atoms with E-state index >= 15 is 0 Å². The van der Waals surface area contributed by atoms with Gasteiger partial charge in [0.15, 0.2) is 6.61 Å². The Morgan fingerprint density at radius 2 is 1.87 bits per heavy atom. The van der Waals surface area contributed by atoms with Crippen molar-refractivity contribution in [2.75, 3.05) is 13.2 Å². The van der Waals surface area contributed by atoms with Crippen molar-refractivity contribution in [1.82, 2.24) is 10.2 Å². The van der Waals surface area contributed by atoms with Crippen molar-refractivity contribution in [3.63, 3.8) is 0 Å². The Hall–Kier alpha value is -2.12. The van der Waals surface area contributed by atoms with E-state index in [2.05, 4.69) is 21.2 Å². The van der Waals surface area contributed by atoms with Gasteiger partial charge in [0, 0.05) is 18.1 Å². The van der Waals surface area contributed by atoms with Crippen molar-refractivity contribution in [1.29, 1.82) is 0 Å². The highest BCUT2D eigenvalue weighted by atomic mass is 79.9. The lowest BCUT2D eigenvalue weighted by atomic mass is 10.1. The number of rotatable bonds is 10. The van der Waals surface area contributed by atoms with Gasteiger partial charge in [0.05, 0.1) is 4.47 Å². The lowest BCUT2D eigenvalue weighted by molar-refractivity contribution is -0.143. The van der Waals surface area contributed by atoms with E-state index in [0.717, 1.165) is 5.56 Å². The van der Waals surface area contributed by atoms with Crippen molar-refractivity contribution in [2.24, 2.45) is 5.92 Å². The molecule has 5 nitrogen and oxygen atoms in total. The van der Waals surface area contributed by atoms with E-state index in [-0.39, 0.29) is 36.7 Å². The number of carbonyl (C=O) groups is 2. The third-order valence-electron chi connectivity index (χ3n) is 4.58. The minimum Gasteiger partial charge on any atom is -0.483 e. The van der Waals surface area contributed by atoms with Crippen LogP contribution in [0.4, 0.5) is 4.39 Å². The summed E-state index contributed by atoms with van der Waals surface area (Å²) in [4.78, 5) is 27.4. The molecule has 2 rings (SSSR count). The number of ether oxygens (including phenoxy) is 1. The zero-order valence-electron chi connectivity index (χ0n) is 17.8. The van der Waals surface area contributed by atoms with E-state index in [0.29, 0.717) is 28.2 Å². The minimum absolute atomic E-state index is 0.165. The van der Waals surface area contributed by atoms with Crippen LogP contribution in [0.3, 0.4) is 0 Å². The van der Waals surface area contributed by atoms with Gasteiger partial charge in [0.25, 0.3) is 5.91 Å². The summed E-state index contributed by atoms with van der Waals surface area (Å²) in [5, 5.41) is 3.43. The van der Waals surface area contributed by atoms with Crippen molar-refractivity contribution in [2.45, 2.75) is 39.8 Å². The Balaban J connectivity index is 2.20. The summed E-state index contributed by atoms with van der Waals surface area (Å²) in [5.41, 5.74) is 0.720. The van der Waals surface area contributed by atoms with Crippen LogP contribution in [0.2, 0.25) is 5.02 Å². The summed E-state index contributed by atoms with van der Waals surface area (Å²) in [6.45, 7) is 6.28. The topological polar surface area (TPSA) is 58.6 Å². The molecule has 0 aromatic heterocycles. The lowest BCUT2D eigenvalue weighted by Crippen LogP contribution is -2.50. The number of amides is 2. The van der Waals surface area contributed by atoms with E-state index in [1.807, 2.05) is 20.8 Å². The minimum atomic E-state index is -0.673. The Bertz CT molecular complexity index is 893. The molecule has 2 aromatic carbocycles. The third kappa shape index (κ3) is 7.82. The van der Waals surface area contributed by atoms with Gasteiger partial charge in [-0.3, -0.25) is 9.59 Å². The maximum Gasteiger partial charge on any atom is 0.261 e. The molecule has 0 aliphatic rings. The highest BCUT2D eigenvalue weighted by Crippen LogP contribution is 2.28. The van der Waals surface area contributed by atoms with Crippen LogP contribution in [0.25, 0.3) is 0 Å². The fourth-order valence-electron chi connectivity index (χ4n) is 2.94. The Morgan fingerprint density at radius 3 is 2.45 bits per heavy atom. The maximum atomic E-state index is 13.3. The third-order valence-corrected chi connectivity index (χ3v) is 5.44. The van der Waals surface area contributed by atoms with Crippen molar-refractivity contribution < 1.29 is 18.7 Å². The number of hydrogen-bond acceptors (Lipinski definition) is 3. The van der Waals surface area contributed by atoms with Crippen LogP contribution in [-0.2, 0) is 16.1 Å². The largest absolute Gasteiger partial charge is 0.483 e. The van der Waals surface area contributed by atoms with Gasteiger partial charge >= 0.3 is 0 Å². The summed E-state index contributed by atoms with van der Waals surface area (Å²) in [6, 6.07) is 10.2. The molecule has 0 heterocycles. The molecule has 1 N–H and O–H groups in total. The predicted octanol–water partition coefficient (Wildman–Crippen LogP) is 5.20. The Morgan fingerprint density at radius 1 is 1.19 bits per heavy atom. The molecular formula is C23H27BrClFN2O3. The van der Waals surface area contributed by atoms with E-state index in [4.69, 9.17) is 16.3 Å². The first-order valence-electron chi connectivity index (χ1n) is 10.1. The molecule has 0 fully saturated rings. The Kier molecular flexibility index (Phi) is 9.78. The number of hydrogen-bond donors (Lipinski definition) is 1. The van der Waals surface area contributed by atoms with E-state index < -0.39 is 6.04 Å². The van der Waals surface area contributed by atoms with E-state index in [1.54, 1.807) is 30.3 Å². The van der Waals surface area contributed by atoms with Crippen LogP contribution < -0.4 is 10.1 Å². The van der Waals surface area contributed by atoms with Gasteiger partial charge in [-0.2, -0.15) is 0 Å². The lowest BCUT2D eigenvalue weighted by Gasteiger charge is -2.31. The highest BCUT2D eigenvalue weighted by molar-refractivity contribution is 9.10. The molecule has 2 amide bonds. The first-order chi connectivity index (χ1) is 14.7. The van der Waals surface area contributed by atoms with Crippen LogP contribution in [0.15, 0.2) is 46.9 Å². The summed E-state index contributed by atoms with van der Waals surface area (Å²) < 4.78 is 19.6. The molecule has 0 unspecified atom stereocenters. The molecule has 1 atom stereocenters. The molecular weight excluding hydrogens is 487 g/mol. The number of nitrogens with zero attached hydrogens (tertiary/aromatic N) is 1. The second kappa shape index (κ2) is 12.1. The standard InChI is InChI=1S/C23H27BrClFN2O3/c1-4-20(23(30)27-12-15(2)3)28(13-16-5-8-18(26)9-6-16)22(29)14-31-21-10-7-17(25)11-19(21)24/h5-11,15,20H,4,12-14H2,1-3H3,(H,27,30)/t20-/m1/s1. The van der Waals surface area contributed by atoms with E-state index in [1.165, 1.54) is 17.0 Å². The van der Waals surface area contributed by atoms with Gasteiger partial charge in [-0.15, -0.1) is 0 Å². The second-order valence-electron chi connectivity index (χ2n) is 7.57. The van der Waals surface area contributed by atoms with Gasteiger partial charge in [0.1, 0.15) is 17.6 Å². The molecule has 0 bridgehead atoms. The average Bonchev–Trinajstić information content (AvgIpc) is 2.72. The van der Waals surface area contributed by atoms with Gasteiger partial charge in [0.2, 0.25) is 5.91 Å². The quantitative estimate of drug-likeness (QED) is 0.475. The van der Waals surface area contributed by atoms with Crippen molar-refractivity contribution >= 4 is 39.3 Å². The number of benzene rings is 2. The molecule has 168 valence electrons. The van der Waals surface area contributed by atoms with Crippen LogP contribution in [0.1, 0.15) is 32.8 Å². The molecule has 0 radical (unpaired) electrons. The summed E-state index contributed by atoms with van der Waals surface area (Å²) >= 11 is 9.31. The second-order valence-corrected chi connectivity index (χ2v) is 8.87. The molecule has 8 heteroatoms. The molecule has 0 aliphatic carbocycles. The van der Waals surface area contributed by atoms with Crippen LogP contribution in [0, 0.1) is 11.7 Å². The molecule has 2 aromatic rings. The van der Waals surface area contributed by atoms with Gasteiger partial charge < -0.3 is 15.0 Å². The maximum absolute atomic E-state index is 13.3. The Labute approximate surface area is 196 Å². The SMILES string of the molecule is CC[C@H](C(=O)NCC(C)C)N(Cc1ccc(F)cc1)C(=O)COc1ccc(Cl)cc1Br. The fourth-order valence-corrected chi connectivity index (χ4v) is 3.74. The molecule has 0 aliphatic heterocycles. The highest BCUT2D eigenvalue weighted by Gasteiger charge is 2.29.